The fraction of sp³-hybridized carbons (Fsp3) is 0.900. The van der Waals surface area contributed by atoms with E-state index in [1.807, 2.05) is 11.9 Å². The molecule has 3 unspecified atom stereocenters. The van der Waals surface area contributed by atoms with Crippen LogP contribution in [0.25, 0.3) is 0 Å². The molecule has 25 heavy (non-hydrogen) atoms. The lowest BCUT2D eigenvalue weighted by molar-refractivity contribution is -0.131. The number of hydrogen-bond acceptors (Lipinski definition) is 3. The summed E-state index contributed by atoms with van der Waals surface area (Å²) < 4.78 is 0. The van der Waals surface area contributed by atoms with Gasteiger partial charge in [-0.25, -0.2) is 0 Å². The van der Waals surface area contributed by atoms with Crippen LogP contribution in [0.15, 0.2) is 0 Å². The number of amides is 2. The molecule has 0 saturated carbocycles. The summed E-state index contributed by atoms with van der Waals surface area (Å²) in [4.78, 5) is 28.6. The fourth-order valence-electron chi connectivity index (χ4n) is 4.39. The molecule has 0 spiro atoms. The van der Waals surface area contributed by atoms with Crippen LogP contribution in [0.5, 0.6) is 0 Å². The van der Waals surface area contributed by atoms with Gasteiger partial charge in [0, 0.05) is 44.6 Å². The van der Waals surface area contributed by atoms with E-state index in [9.17, 15) is 9.59 Å². The van der Waals surface area contributed by atoms with Crippen molar-refractivity contribution < 1.29 is 9.59 Å². The van der Waals surface area contributed by atoms with E-state index in [1.54, 1.807) is 0 Å². The highest BCUT2D eigenvalue weighted by Gasteiger charge is 2.38. The number of carbonyl (C=O) groups is 2. The van der Waals surface area contributed by atoms with Crippen molar-refractivity contribution in [2.45, 2.75) is 89.8 Å². The summed E-state index contributed by atoms with van der Waals surface area (Å²) in [5.41, 5.74) is 0. The molecule has 144 valence electrons. The van der Waals surface area contributed by atoms with Gasteiger partial charge >= 0.3 is 0 Å². The number of carbonyl (C=O) groups excluding carboxylic acids is 2. The predicted octanol–water partition coefficient (Wildman–Crippen LogP) is 2.79. The molecule has 0 radical (unpaired) electrons. The van der Waals surface area contributed by atoms with Gasteiger partial charge in [-0.15, -0.1) is 0 Å². The highest BCUT2D eigenvalue weighted by Crippen LogP contribution is 2.38. The molecule has 2 heterocycles. The quantitative estimate of drug-likeness (QED) is 0.695. The number of nitrogens with zero attached hydrogens (tertiary/aromatic N) is 2. The molecule has 0 aromatic heterocycles. The van der Waals surface area contributed by atoms with Gasteiger partial charge < -0.3 is 15.1 Å². The van der Waals surface area contributed by atoms with Gasteiger partial charge in [-0.1, -0.05) is 13.3 Å². The zero-order valence-electron chi connectivity index (χ0n) is 16.6. The van der Waals surface area contributed by atoms with E-state index in [0.29, 0.717) is 37.4 Å². The van der Waals surface area contributed by atoms with Gasteiger partial charge in [-0.05, 0) is 58.4 Å². The largest absolute Gasteiger partial charge is 0.356 e. The Hall–Kier alpha value is -1.10. The number of nitrogens with one attached hydrogen (secondary N) is 1. The average molecular weight is 352 g/mol. The topological polar surface area (TPSA) is 52.7 Å². The summed E-state index contributed by atoms with van der Waals surface area (Å²) in [6.45, 7) is 4.82. The van der Waals surface area contributed by atoms with E-state index in [0.717, 1.165) is 19.3 Å². The Morgan fingerprint density at radius 1 is 1.24 bits per heavy atom. The number of fused-ring (bicyclic) bond motifs is 2. The fourth-order valence-corrected chi connectivity index (χ4v) is 4.39. The minimum atomic E-state index is 0.170. The summed E-state index contributed by atoms with van der Waals surface area (Å²) in [5.74, 6) is 0.938. The van der Waals surface area contributed by atoms with Gasteiger partial charge in [0.25, 0.3) is 0 Å². The molecule has 2 aliphatic heterocycles. The maximum absolute atomic E-state index is 12.2. The average Bonchev–Trinajstić information content (AvgIpc) is 2.80. The van der Waals surface area contributed by atoms with Crippen LogP contribution in [0.2, 0.25) is 0 Å². The van der Waals surface area contributed by atoms with Crippen LogP contribution in [0.4, 0.5) is 0 Å². The monoisotopic (exact) mass is 351 g/mol. The summed E-state index contributed by atoms with van der Waals surface area (Å²) >= 11 is 0. The highest BCUT2D eigenvalue weighted by molar-refractivity contribution is 5.76. The first-order valence-electron chi connectivity index (χ1n) is 10.2. The maximum atomic E-state index is 12.2. The molecule has 0 aromatic carbocycles. The van der Waals surface area contributed by atoms with Crippen LogP contribution < -0.4 is 5.32 Å². The van der Waals surface area contributed by atoms with Crippen molar-refractivity contribution in [1.82, 2.24) is 15.1 Å². The van der Waals surface area contributed by atoms with E-state index in [2.05, 4.69) is 31.1 Å². The molecule has 0 aliphatic carbocycles. The number of unbranched alkanes of at least 4 members (excludes halogenated alkanes) is 1. The molecule has 2 bridgehead atoms. The van der Waals surface area contributed by atoms with Crippen molar-refractivity contribution in [3.63, 3.8) is 0 Å². The number of rotatable bonds is 9. The van der Waals surface area contributed by atoms with Crippen molar-refractivity contribution in [3.8, 4) is 0 Å². The van der Waals surface area contributed by atoms with Gasteiger partial charge in [-0.2, -0.15) is 0 Å². The lowest BCUT2D eigenvalue weighted by Crippen LogP contribution is -2.41. The smallest absolute Gasteiger partial charge is 0.222 e. The van der Waals surface area contributed by atoms with Crippen molar-refractivity contribution in [1.29, 1.82) is 0 Å². The molecule has 2 fully saturated rings. The lowest BCUT2D eigenvalue weighted by Gasteiger charge is -2.36. The van der Waals surface area contributed by atoms with Crippen LogP contribution in [-0.2, 0) is 9.59 Å². The predicted molar refractivity (Wildman–Crippen MR) is 101 cm³/mol. The molecule has 2 rings (SSSR count). The Bertz CT molecular complexity index is 440. The summed E-state index contributed by atoms with van der Waals surface area (Å²) in [7, 11) is 4.11. The maximum Gasteiger partial charge on any atom is 0.222 e. The normalized spacial score (nSPS) is 27.1. The number of hydrogen-bond donors (Lipinski definition) is 1. The van der Waals surface area contributed by atoms with Crippen molar-refractivity contribution >= 4 is 11.8 Å². The van der Waals surface area contributed by atoms with E-state index < -0.39 is 0 Å². The summed E-state index contributed by atoms with van der Waals surface area (Å²) in [6, 6.07) is 1.56. The zero-order valence-corrected chi connectivity index (χ0v) is 16.6. The van der Waals surface area contributed by atoms with E-state index in [4.69, 9.17) is 0 Å². The van der Waals surface area contributed by atoms with Gasteiger partial charge in [0.05, 0.1) is 0 Å². The Morgan fingerprint density at radius 3 is 2.48 bits per heavy atom. The third-order valence-electron chi connectivity index (χ3n) is 6.35. The second kappa shape index (κ2) is 9.56. The van der Waals surface area contributed by atoms with E-state index >= 15 is 0 Å². The SMILES string of the molecule is CCCCC(=O)N(C)C(C)CCNC(=O)CC1CC2CCC(C1)N2C. The van der Waals surface area contributed by atoms with Crippen molar-refractivity contribution in [2.24, 2.45) is 5.92 Å². The molecular weight excluding hydrogens is 314 g/mol. The summed E-state index contributed by atoms with van der Waals surface area (Å²) in [5, 5.41) is 3.07. The Kier molecular flexibility index (Phi) is 7.73. The molecule has 3 atom stereocenters. The third-order valence-corrected chi connectivity index (χ3v) is 6.35. The van der Waals surface area contributed by atoms with Crippen LogP contribution in [0.3, 0.4) is 0 Å². The van der Waals surface area contributed by atoms with Crippen LogP contribution >= 0.6 is 0 Å². The molecule has 2 aliphatic rings. The van der Waals surface area contributed by atoms with Crippen molar-refractivity contribution in [2.75, 3.05) is 20.6 Å². The molecular formula is C20H37N3O2. The molecule has 0 aromatic rings. The van der Waals surface area contributed by atoms with Gasteiger partial charge in [0.2, 0.25) is 11.8 Å². The second-order valence-electron chi connectivity index (χ2n) is 8.19. The zero-order chi connectivity index (χ0) is 18.4. The van der Waals surface area contributed by atoms with Gasteiger partial charge in [0.15, 0.2) is 0 Å². The lowest BCUT2D eigenvalue weighted by atomic mass is 9.88. The van der Waals surface area contributed by atoms with Crippen molar-refractivity contribution in [3.05, 3.63) is 0 Å². The molecule has 5 heteroatoms. The third kappa shape index (κ3) is 5.70. The van der Waals surface area contributed by atoms with E-state index in [1.165, 1.54) is 25.7 Å². The van der Waals surface area contributed by atoms with Gasteiger partial charge in [0.1, 0.15) is 0 Å². The first kappa shape index (κ1) is 20.2. The van der Waals surface area contributed by atoms with Crippen LogP contribution in [0.1, 0.15) is 71.6 Å². The van der Waals surface area contributed by atoms with E-state index in [-0.39, 0.29) is 17.9 Å². The second-order valence-corrected chi connectivity index (χ2v) is 8.19. The van der Waals surface area contributed by atoms with Crippen LogP contribution in [0, 0.1) is 5.92 Å². The minimum absolute atomic E-state index is 0.170. The Labute approximate surface area is 153 Å². The molecule has 2 saturated heterocycles. The Morgan fingerprint density at radius 2 is 1.88 bits per heavy atom. The van der Waals surface area contributed by atoms with Crippen LogP contribution in [-0.4, -0.2) is 60.4 Å². The number of piperidine rings is 1. The summed E-state index contributed by atoms with van der Waals surface area (Å²) in [6.07, 6.45) is 9.05. The first-order chi connectivity index (χ1) is 11.9. The molecule has 2 amide bonds. The Balaban J connectivity index is 1.63. The first-order valence-corrected chi connectivity index (χ1v) is 10.2. The highest BCUT2D eigenvalue weighted by atomic mass is 16.2. The minimum Gasteiger partial charge on any atom is -0.356 e. The standard InChI is InChI=1S/C20H37N3O2/c1-5-6-7-20(25)22(3)15(2)10-11-21-19(24)14-16-12-17-8-9-18(13-16)23(17)4/h15-18H,5-14H2,1-4H3,(H,21,24). The van der Waals surface area contributed by atoms with Gasteiger partial charge in [-0.3, -0.25) is 9.59 Å². The molecule has 1 N–H and O–H groups in total. The molecule has 5 nitrogen and oxygen atoms in total.